The molecule has 4 rings (SSSR count). The van der Waals surface area contributed by atoms with Crippen LogP contribution in [0.2, 0.25) is 0 Å². The first-order valence-electron chi connectivity index (χ1n) is 8.99. The van der Waals surface area contributed by atoms with E-state index >= 15 is 0 Å². The molecule has 0 saturated carbocycles. The summed E-state index contributed by atoms with van der Waals surface area (Å²) in [6.07, 6.45) is 1.54. The van der Waals surface area contributed by atoms with Crippen LogP contribution in [0.25, 0.3) is 0 Å². The number of hydrogen-bond donors (Lipinski definition) is 1. The molecule has 0 radical (unpaired) electrons. The Bertz CT molecular complexity index is 1100. The van der Waals surface area contributed by atoms with Crippen LogP contribution in [-0.4, -0.2) is 18.9 Å². The van der Waals surface area contributed by atoms with Crippen molar-refractivity contribution in [1.29, 1.82) is 0 Å². The topological polar surface area (TPSA) is 69.2 Å². The summed E-state index contributed by atoms with van der Waals surface area (Å²) in [5.74, 6) is 1.43. The predicted octanol–water partition coefficient (Wildman–Crippen LogP) is 5.28. The SMILES string of the molecule is O=C(N/N=C\c1cc(Br)cc(Br)c1OCc1ccccc1)c1ccc2c(c1)OCO2. The highest BCUT2D eigenvalue weighted by atomic mass is 79.9. The highest BCUT2D eigenvalue weighted by Gasteiger charge is 2.16. The maximum Gasteiger partial charge on any atom is 0.271 e. The Morgan fingerprint density at radius 1 is 1.07 bits per heavy atom. The van der Waals surface area contributed by atoms with Gasteiger partial charge in [-0.3, -0.25) is 4.79 Å². The van der Waals surface area contributed by atoms with Gasteiger partial charge in [0.1, 0.15) is 12.4 Å². The normalized spacial score (nSPS) is 12.2. The quantitative estimate of drug-likeness (QED) is 0.347. The first kappa shape index (κ1) is 20.4. The number of rotatable bonds is 6. The number of carbonyl (C=O) groups excluding carboxylic acids is 1. The number of benzene rings is 3. The number of hydrazone groups is 1. The average molecular weight is 532 g/mol. The monoisotopic (exact) mass is 530 g/mol. The number of halogens is 2. The Hall–Kier alpha value is -2.84. The summed E-state index contributed by atoms with van der Waals surface area (Å²) in [5, 5.41) is 4.09. The van der Waals surface area contributed by atoms with Crippen molar-refractivity contribution >= 4 is 44.0 Å². The van der Waals surface area contributed by atoms with E-state index in [1.807, 2.05) is 42.5 Å². The number of fused-ring (bicyclic) bond motifs is 1. The maximum absolute atomic E-state index is 12.4. The molecule has 152 valence electrons. The van der Waals surface area contributed by atoms with E-state index in [1.54, 1.807) is 24.4 Å². The van der Waals surface area contributed by atoms with Gasteiger partial charge in [0, 0.05) is 15.6 Å². The average Bonchev–Trinajstić information content (AvgIpc) is 3.21. The van der Waals surface area contributed by atoms with Crippen molar-refractivity contribution in [3.05, 3.63) is 86.3 Å². The van der Waals surface area contributed by atoms with E-state index in [-0.39, 0.29) is 12.7 Å². The van der Waals surface area contributed by atoms with Crippen molar-refractivity contribution in [2.75, 3.05) is 6.79 Å². The van der Waals surface area contributed by atoms with Crippen molar-refractivity contribution in [3.63, 3.8) is 0 Å². The highest BCUT2D eigenvalue weighted by Crippen LogP contribution is 2.33. The van der Waals surface area contributed by atoms with Crippen molar-refractivity contribution in [1.82, 2.24) is 5.43 Å². The lowest BCUT2D eigenvalue weighted by Crippen LogP contribution is -2.17. The van der Waals surface area contributed by atoms with E-state index in [0.717, 1.165) is 14.5 Å². The Morgan fingerprint density at radius 3 is 2.70 bits per heavy atom. The van der Waals surface area contributed by atoms with Gasteiger partial charge in [-0.25, -0.2) is 5.43 Å². The Labute approximate surface area is 190 Å². The molecule has 3 aromatic rings. The Kier molecular flexibility index (Phi) is 6.35. The number of carbonyl (C=O) groups is 1. The fourth-order valence-corrected chi connectivity index (χ4v) is 4.19. The van der Waals surface area contributed by atoms with Gasteiger partial charge in [0.05, 0.1) is 10.7 Å². The molecule has 0 aliphatic carbocycles. The molecule has 30 heavy (non-hydrogen) atoms. The van der Waals surface area contributed by atoms with Gasteiger partial charge in [0.2, 0.25) is 6.79 Å². The first-order valence-corrected chi connectivity index (χ1v) is 10.6. The third-order valence-corrected chi connectivity index (χ3v) is 5.31. The van der Waals surface area contributed by atoms with Crippen LogP contribution in [0, 0.1) is 0 Å². The summed E-state index contributed by atoms with van der Waals surface area (Å²) in [7, 11) is 0. The van der Waals surface area contributed by atoms with E-state index in [4.69, 9.17) is 14.2 Å². The van der Waals surface area contributed by atoms with Crippen LogP contribution in [0.1, 0.15) is 21.5 Å². The second-order valence-corrected chi connectivity index (χ2v) is 8.12. The molecule has 0 spiro atoms. The lowest BCUT2D eigenvalue weighted by Gasteiger charge is -2.12. The zero-order valence-corrected chi connectivity index (χ0v) is 18.8. The van der Waals surface area contributed by atoms with Gasteiger partial charge in [0.15, 0.2) is 11.5 Å². The molecule has 0 saturated heterocycles. The summed E-state index contributed by atoms with van der Waals surface area (Å²) >= 11 is 7.00. The number of nitrogens with zero attached hydrogens (tertiary/aromatic N) is 1. The molecule has 3 aromatic carbocycles. The zero-order valence-electron chi connectivity index (χ0n) is 15.6. The Morgan fingerprint density at radius 2 is 1.87 bits per heavy atom. The fourth-order valence-electron chi connectivity index (χ4n) is 2.82. The van der Waals surface area contributed by atoms with Crippen LogP contribution in [0.5, 0.6) is 17.2 Å². The third-order valence-electron chi connectivity index (χ3n) is 4.27. The molecule has 1 aliphatic rings. The molecule has 1 aliphatic heterocycles. The van der Waals surface area contributed by atoms with Gasteiger partial charge >= 0.3 is 0 Å². The standard InChI is InChI=1S/C22H16Br2N2O4/c23-17-8-16(21(18(24)10-17)28-12-14-4-2-1-3-5-14)11-25-26-22(27)15-6-7-19-20(9-15)30-13-29-19/h1-11H,12-13H2,(H,26,27)/b25-11-. The summed E-state index contributed by atoms with van der Waals surface area (Å²) < 4.78 is 18.2. The van der Waals surface area contributed by atoms with E-state index in [2.05, 4.69) is 42.4 Å². The van der Waals surface area contributed by atoms with Crippen molar-refractivity contribution in [2.24, 2.45) is 5.10 Å². The largest absolute Gasteiger partial charge is 0.487 e. The second-order valence-electron chi connectivity index (χ2n) is 6.35. The van der Waals surface area contributed by atoms with Crippen LogP contribution in [0.3, 0.4) is 0 Å². The van der Waals surface area contributed by atoms with Crippen LogP contribution in [0.4, 0.5) is 0 Å². The smallest absolute Gasteiger partial charge is 0.271 e. The molecule has 0 fully saturated rings. The molecule has 0 unspecified atom stereocenters. The van der Waals surface area contributed by atoms with Crippen LogP contribution in [-0.2, 0) is 6.61 Å². The molecule has 1 amide bonds. The highest BCUT2D eigenvalue weighted by molar-refractivity contribution is 9.11. The molecule has 6 nitrogen and oxygen atoms in total. The predicted molar refractivity (Wildman–Crippen MR) is 120 cm³/mol. The molecule has 0 bridgehead atoms. The minimum Gasteiger partial charge on any atom is -0.487 e. The third kappa shape index (κ3) is 4.83. The minimum absolute atomic E-state index is 0.155. The van der Waals surface area contributed by atoms with Crippen LogP contribution in [0.15, 0.2) is 74.7 Å². The van der Waals surface area contributed by atoms with Crippen molar-refractivity contribution < 1.29 is 19.0 Å². The zero-order chi connectivity index (χ0) is 20.9. The van der Waals surface area contributed by atoms with Gasteiger partial charge in [-0.1, -0.05) is 46.3 Å². The van der Waals surface area contributed by atoms with Gasteiger partial charge in [-0.2, -0.15) is 5.10 Å². The van der Waals surface area contributed by atoms with Gasteiger partial charge in [-0.05, 0) is 51.8 Å². The molecule has 8 heteroatoms. The Balaban J connectivity index is 1.47. The van der Waals surface area contributed by atoms with E-state index in [9.17, 15) is 4.79 Å². The number of ether oxygens (including phenoxy) is 3. The number of hydrogen-bond acceptors (Lipinski definition) is 5. The van der Waals surface area contributed by atoms with E-state index in [1.165, 1.54) is 0 Å². The van der Waals surface area contributed by atoms with Crippen LogP contribution < -0.4 is 19.6 Å². The lowest BCUT2D eigenvalue weighted by atomic mass is 10.2. The van der Waals surface area contributed by atoms with E-state index < -0.39 is 0 Å². The summed E-state index contributed by atoms with van der Waals surface area (Å²) in [6, 6.07) is 18.6. The van der Waals surface area contributed by atoms with E-state index in [0.29, 0.717) is 35.0 Å². The van der Waals surface area contributed by atoms with Gasteiger partial charge in [-0.15, -0.1) is 0 Å². The number of nitrogens with one attached hydrogen (secondary N) is 1. The van der Waals surface area contributed by atoms with Gasteiger partial charge < -0.3 is 14.2 Å². The molecular formula is C22H16Br2N2O4. The first-order chi connectivity index (χ1) is 14.6. The molecule has 1 N–H and O–H groups in total. The van der Waals surface area contributed by atoms with Crippen molar-refractivity contribution in [3.8, 4) is 17.2 Å². The summed E-state index contributed by atoms with van der Waals surface area (Å²) in [6.45, 7) is 0.563. The molecule has 0 aromatic heterocycles. The fraction of sp³-hybridized carbons (Fsp3) is 0.0909. The number of amides is 1. The minimum atomic E-state index is -0.356. The molecular weight excluding hydrogens is 516 g/mol. The maximum atomic E-state index is 12.4. The molecule has 1 heterocycles. The van der Waals surface area contributed by atoms with Gasteiger partial charge in [0.25, 0.3) is 5.91 Å². The summed E-state index contributed by atoms with van der Waals surface area (Å²) in [5.41, 5.74) is 4.70. The second kappa shape index (κ2) is 9.32. The van der Waals surface area contributed by atoms with Crippen molar-refractivity contribution in [2.45, 2.75) is 6.61 Å². The lowest BCUT2D eigenvalue weighted by molar-refractivity contribution is 0.0954. The van der Waals surface area contributed by atoms with Crippen LogP contribution >= 0.6 is 31.9 Å². The summed E-state index contributed by atoms with van der Waals surface area (Å²) in [4.78, 5) is 12.4. The molecule has 0 atom stereocenters.